The average molecular weight is 403 g/mol. The molecule has 1 amide bonds. The van der Waals surface area contributed by atoms with Gasteiger partial charge in [0.05, 0.1) is 6.61 Å². The summed E-state index contributed by atoms with van der Waals surface area (Å²) in [5.74, 6) is 2.71. The highest BCUT2D eigenvalue weighted by atomic mass is 35.5. The molecule has 0 aliphatic carbocycles. The van der Waals surface area contributed by atoms with Crippen LogP contribution in [-0.4, -0.2) is 53.6 Å². The lowest BCUT2D eigenvalue weighted by Gasteiger charge is -2.35. The molecule has 7 heteroatoms. The zero-order valence-electron chi connectivity index (χ0n) is 16.7. The van der Waals surface area contributed by atoms with Gasteiger partial charge in [-0.25, -0.2) is 9.97 Å². The predicted octanol–water partition coefficient (Wildman–Crippen LogP) is 3.56. The van der Waals surface area contributed by atoms with Crippen molar-refractivity contribution < 1.29 is 9.53 Å². The summed E-state index contributed by atoms with van der Waals surface area (Å²) in [4.78, 5) is 25.5. The summed E-state index contributed by atoms with van der Waals surface area (Å²) in [7, 11) is 0. The molecule has 0 N–H and O–H groups in total. The van der Waals surface area contributed by atoms with Crippen LogP contribution in [0.15, 0.2) is 24.3 Å². The number of carbonyl (C=O) groups excluding carboxylic acids is 1. The maximum Gasteiger partial charge on any atom is 0.222 e. The standard InChI is InChI=1S/C21H27ClN4O2/c1-15-13-18(6-7-19(15)22)28-12-4-5-21(27)26-10-8-25(9-11-26)20-14-16(2)23-17(3)24-20/h6-7,13-14H,4-5,8-12H2,1-3H3. The molecule has 0 bridgehead atoms. The first kappa shape index (κ1) is 20.4. The van der Waals surface area contributed by atoms with Gasteiger partial charge in [0.25, 0.3) is 0 Å². The Labute approximate surface area is 171 Å². The van der Waals surface area contributed by atoms with Gasteiger partial charge in [-0.15, -0.1) is 0 Å². The molecule has 0 saturated carbocycles. The van der Waals surface area contributed by atoms with E-state index in [2.05, 4.69) is 14.9 Å². The van der Waals surface area contributed by atoms with Crippen molar-refractivity contribution in [3.05, 3.63) is 46.4 Å². The molecular weight excluding hydrogens is 376 g/mol. The van der Waals surface area contributed by atoms with E-state index >= 15 is 0 Å². The SMILES string of the molecule is Cc1cc(N2CCN(C(=O)CCCOc3ccc(Cl)c(C)c3)CC2)nc(C)n1. The number of halogens is 1. The van der Waals surface area contributed by atoms with Crippen molar-refractivity contribution in [1.29, 1.82) is 0 Å². The first-order valence-electron chi connectivity index (χ1n) is 9.66. The molecule has 0 spiro atoms. The molecule has 6 nitrogen and oxygen atoms in total. The number of ether oxygens (including phenoxy) is 1. The molecule has 1 aromatic heterocycles. The molecule has 3 rings (SSSR count). The van der Waals surface area contributed by atoms with E-state index in [1.165, 1.54) is 0 Å². The van der Waals surface area contributed by atoms with E-state index in [4.69, 9.17) is 16.3 Å². The quantitative estimate of drug-likeness (QED) is 0.691. The minimum absolute atomic E-state index is 0.186. The monoisotopic (exact) mass is 402 g/mol. The molecule has 2 aromatic rings. The van der Waals surface area contributed by atoms with E-state index < -0.39 is 0 Å². The van der Waals surface area contributed by atoms with Crippen molar-refractivity contribution >= 4 is 23.3 Å². The Morgan fingerprint density at radius 3 is 2.54 bits per heavy atom. The fourth-order valence-electron chi connectivity index (χ4n) is 3.32. The molecule has 1 aromatic carbocycles. The average Bonchev–Trinajstić information content (AvgIpc) is 2.67. The Bertz CT molecular complexity index is 815. The fraction of sp³-hybridized carbons (Fsp3) is 0.476. The largest absolute Gasteiger partial charge is 0.494 e. The topological polar surface area (TPSA) is 58.6 Å². The highest BCUT2D eigenvalue weighted by Crippen LogP contribution is 2.21. The molecule has 1 aliphatic heterocycles. The smallest absolute Gasteiger partial charge is 0.222 e. The number of anilines is 1. The van der Waals surface area contributed by atoms with Crippen LogP contribution >= 0.6 is 11.6 Å². The van der Waals surface area contributed by atoms with Crippen molar-refractivity contribution in [1.82, 2.24) is 14.9 Å². The van der Waals surface area contributed by atoms with E-state index in [1.807, 2.05) is 49.9 Å². The van der Waals surface area contributed by atoms with Gasteiger partial charge in [-0.1, -0.05) is 11.6 Å². The third-order valence-electron chi connectivity index (χ3n) is 4.84. The van der Waals surface area contributed by atoms with Crippen molar-refractivity contribution in [2.75, 3.05) is 37.7 Å². The van der Waals surface area contributed by atoms with E-state index in [-0.39, 0.29) is 5.91 Å². The molecular formula is C21H27ClN4O2. The Kier molecular flexibility index (Phi) is 6.73. The van der Waals surface area contributed by atoms with Crippen LogP contribution in [0.4, 0.5) is 5.82 Å². The van der Waals surface area contributed by atoms with E-state index in [0.29, 0.717) is 19.4 Å². The number of amides is 1. The van der Waals surface area contributed by atoms with Gasteiger partial charge < -0.3 is 14.5 Å². The summed E-state index contributed by atoms with van der Waals surface area (Å²) < 4.78 is 5.73. The van der Waals surface area contributed by atoms with Gasteiger partial charge >= 0.3 is 0 Å². The van der Waals surface area contributed by atoms with E-state index in [0.717, 1.165) is 59.9 Å². The van der Waals surface area contributed by atoms with Gasteiger partial charge in [0.2, 0.25) is 5.91 Å². The highest BCUT2D eigenvalue weighted by Gasteiger charge is 2.22. The minimum Gasteiger partial charge on any atom is -0.494 e. The molecule has 150 valence electrons. The van der Waals surface area contributed by atoms with Crippen molar-refractivity contribution in [3.63, 3.8) is 0 Å². The second-order valence-electron chi connectivity index (χ2n) is 7.15. The maximum absolute atomic E-state index is 12.5. The van der Waals surface area contributed by atoms with Gasteiger partial charge in [0, 0.05) is 49.4 Å². The first-order valence-corrected chi connectivity index (χ1v) is 10.0. The molecule has 28 heavy (non-hydrogen) atoms. The number of piperazine rings is 1. The van der Waals surface area contributed by atoms with Crippen LogP contribution in [0.25, 0.3) is 0 Å². The normalized spacial score (nSPS) is 14.3. The summed E-state index contributed by atoms with van der Waals surface area (Å²) in [5, 5.41) is 0.731. The van der Waals surface area contributed by atoms with Crippen LogP contribution < -0.4 is 9.64 Å². The Morgan fingerprint density at radius 1 is 1.11 bits per heavy atom. The van der Waals surface area contributed by atoms with Gasteiger partial charge in [-0.2, -0.15) is 0 Å². The zero-order chi connectivity index (χ0) is 20.1. The molecule has 0 unspecified atom stereocenters. The first-order chi connectivity index (χ1) is 13.4. The number of hydrogen-bond acceptors (Lipinski definition) is 5. The lowest BCUT2D eigenvalue weighted by molar-refractivity contribution is -0.131. The van der Waals surface area contributed by atoms with Gasteiger partial charge in [-0.05, 0) is 51.0 Å². The van der Waals surface area contributed by atoms with Crippen molar-refractivity contribution in [2.24, 2.45) is 0 Å². The third-order valence-corrected chi connectivity index (χ3v) is 5.27. The number of nitrogens with zero attached hydrogens (tertiary/aromatic N) is 4. The molecule has 1 saturated heterocycles. The summed E-state index contributed by atoms with van der Waals surface area (Å²) in [5.41, 5.74) is 1.96. The Morgan fingerprint density at radius 2 is 1.86 bits per heavy atom. The van der Waals surface area contributed by atoms with Gasteiger partial charge in [0.15, 0.2) is 0 Å². The lowest BCUT2D eigenvalue weighted by Crippen LogP contribution is -2.49. The molecule has 1 fully saturated rings. The van der Waals surface area contributed by atoms with Gasteiger partial charge in [-0.3, -0.25) is 4.79 Å². The minimum atomic E-state index is 0.186. The van der Waals surface area contributed by atoms with Crippen LogP contribution in [0, 0.1) is 20.8 Å². The number of benzene rings is 1. The highest BCUT2D eigenvalue weighted by molar-refractivity contribution is 6.31. The summed E-state index contributed by atoms with van der Waals surface area (Å²) in [6.45, 7) is 9.38. The van der Waals surface area contributed by atoms with Crippen molar-refractivity contribution in [2.45, 2.75) is 33.6 Å². The number of carbonyl (C=O) groups is 1. The van der Waals surface area contributed by atoms with Crippen LogP contribution in [0.1, 0.15) is 29.9 Å². The molecule has 0 atom stereocenters. The zero-order valence-corrected chi connectivity index (χ0v) is 17.5. The second kappa shape index (κ2) is 9.24. The third kappa shape index (κ3) is 5.35. The lowest BCUT2D eigenvalue weighted by atomic mass is 10.2. The summed E-state index contributed by atoms with van der Waals surface area (Å²) in [6.07, 6.45) is 1.20. The summed E-state index contributed by atoms with van der Waals surface area (Å²) in [6, 6.07) is 7.60. The van der Waals surface area contributed by atoms with Crippen LogP contribution in [0.3, 0.4) is 0 Å². The number of aromatic nitrogens is 2. The van der Waals surface area contributed by atoms with Crippen molar-refractivity contribution in [3.8, 4) is 5.75 Å². The number of hydrogen-bond donors (Lipinski definition) is 0. The maximum atomic E-state index is 12.5. The number of rotatable bonds is 6. The predicted molar refractivity (Wildman–Crippen MR) is 111 cm³/mol. The van der Waals surface area contributed by atoms with Gasteiger partial charge in [0.1, 0.15) is 17.4 Å². The van der Waals surface area contributed by atoms with Crippen LogP contribution in [0.2, 0.25) is 5.02 Å². The summed E-state index contributed by atoms with van der Waals surface area (Å²) >= 11 is 6.02. The molecule has 2 heterocycles. The second-order valence-corrected chi connectivity index (χ2v) is 7.55. The van der Waals surface area contributed by atoms with E-state index in [9.17, 15) is 4.79 Å². The Hall–Kier alpha value is -2.34. The number of aryl methyl sites for hydroxylation is 3. The van der Waals surface area contributed by atoms with Crippen LogP contribution in [-0.2, 0) is 4.79 Å². The molecule has 0 radical (unpaired) electrons. The van der Waals surface area contributed by atoms with E-state index in [1.54, 1.807) is 0 Å². The Balaban J connectivity index is 1.40. The molecule has 1 aliphatic rings. The van der Waals surface area contributed by atoms with Crippen LogP contribution in [0.5, 0.6) is 5.75 Å². The fourth-order valence-corrected chi connectivity index (χ4v) is 3.44.